The van der Waals surface area contributed by atoms with Gasteiger partial charge in [-0.15, -0.1) is 0 Å². The molecule has 0 aliphatic heterocycles. The van der Waals surface area contributed by atoms with Crippen LogP contribution < -0.4 is 15.8 Å². The summed E-state index contributed by atoms with van der Waals surface area (Å²) in [7, 11) is 1.52. The first kappa shape index (κ1) is 13.7. The molecular weight excluding hydrogens is 244 g/mol. The largest absolute Gasteiger partial charge is 0.496 e. The highest BCUT2D eigenvalue weighted by Gasteiger charge is 2.28. The number of nitrogens with two attached hydrogens (primary N) is 1. The molecule has 2 rings (SSSR count). The van der Waals surface area contributed by atoms with Gasteiger partial charge in [-0.05, 0) is 31.0 Å². The van der Waals surface area contributed by atoms with Crippen LogP contribution in [0.4, 0.5) is 5.69 Å². The van der Waals surface area contributed by atoms with Gasteiger partial charge in [0.1, 0.15) is 5.75 Å². The first-order valence-corrected chi connectivity index (χ1v) is 6.51. The molecule has 1 aromatic carbocycles. The molecule has 0 radical (unpaired) electrons. The van der Waals surface area contributed by atoms with E-state index < -0.39 is 0 Å². The summed E-state index contributed by atoms with van der Waals surface area (Å²) >= 11 is 0. The number of anilines is 1. The second-order valence-electron chi connectivity index (χ2n) is 4.91. The van der Waals surface area contributed by atoms with Crippen molar-refractivity contribution in [1.29, 1.82) is 0 Å². The van der Waals surface area contributed by atoms with E-state index in [1.807, 2.05) is 0 Å². The van der Waals surface area contributed by atoms with Gasteiger partial charge in [0.05, 0.1) is 12.7 Å². The molecule has 5 heteroatoms. The zero-order chi connectivity index (χ0) is 13.8. The molecule has 1 aliphatic rings. The fourth-order valence-electron chi connectivity index (χ4n) is 2.59. The van der Waals surface area contributed by atoms with Gasteiger partial charge in [0.2, 0.25) is 0 Å². The third kappa shape index (κ3) is 2.98. The molecule has 0 heterocycles. The summed E-state index contributed by atoms with van der Waals surface area (Å²) in [6.07, 6.45) is 2.89. The molecule has 2 atom stereocenters. The third-order valence-electron chi connectivity index (χ3n) is 3.68. The Bertz CT molecular complexity index is 462. The predicted molar refractivity (Wildman–Crippen MR) is 73.1 cm³/mol. The number of hydrogen-bond acceptors (Lipinski definition) is 4. The lowest BCUT2D eigenvalue weighted by Crippen LogP contribution is -2.38. The molecule has 0 saturated heterocycles. The van der Waals surface area contributed by atoms with Crippen molar-refractivity contribution in [3.63, 3.8) is 0 Å². The van der Waals surface area contributed by atoms with Crippen LogP contribution in [0.2, 0.25) is 0 Å². The molecule has 1 amide bonds. The zero-order valence-electron chi connectivity index (χ0n) is 11.1. The number of nitrogen functional groups attached to an aromatic ring is 1. The van der Waals surface area contributed by atoms with Crippen LogP contribution in [0, 0.1) is 5.92 Å². The normalized spacial score (nSPS) is 22.2. The Morgan fingerprint density at radius 2 is 2.32 bits per heavy atom. The highest BCUT2D eigenvalue weighted by atomic mass is 16.5. The van der Waals surface area contributed by atoms with Crippen molar-refractivity contribution in [2.75, 3.05) is 19.5 Å². The first-order chi connectivity index (χ1) is 9.15. The van der Waals surface area contributed by atoms with Gasteiger partial charge < -0.3 is 20.9 Å². The molecule has 1 saturated carbocycles. The summed E-state index contributed by atoms with van der Waals surface area (Å²) in [4.78, 5) is 12.3. The van der Waals surface area contributed by atoms with Crippen molar-refractivity contribution < 1.29 is 14.6 Å². The molecule has 0 spiro atoms. The lowest BCUT2D eigenvalue weighted by Gasteiger charge is -2.19. The van der Waals surface area contributed by atoms with Gasteiger partial charge in [-0.2, -0.15) is 0 Å². The molecule has 104 valence electrons. The van der Waals surface area contributed by atoms with Crippen LogP contribution in [-0.2, 0) is 0 Å². The molecule has 1 aliphatic carbocycles. The van der Waals surface area contributed by atoms with Gasteiger partial charge in [0.15, 0.2) is 0 Å². The van der Waals surface area contributed by atoms with Gasteiger partial charge >= 0.3 is 0 Å². The van der Waals surface area contributed by atoms with E-state index in [9.17, 15) is 9.90 Å². The molecule has 1 aromatic rings. The fourth-order valence-corrected chi connectivity index (χ4v) is 2.59. The maximum Gasteiger partial charge on any atom is 0.255 e. The Hall–Kier alpha value is -1.75. The van der Waals surface area contributed by atoms with Crippen molar-refractivity contribution in [3.8, 4) is 5.75 Å². The monoisotopic (exact) mass is 264 g/mol. The van der Waals surface area contributed by atoms with Gasteiger partial charge in [0, 0.05) is 24.3 Å². The lowest BCUT2D eigenvalue weighted by atomic mass is 10.0. The average Bonchev–Trinajstić information content (AvgIpc) is 2.85. The molecule has 4 N–H and O–H groups in total. The zero-order valence-corrected chi connectivity index (χ0v) is 11.1. The van der Waals surface area contributed by atoms with Crippen LogP contribution in [0.5, 0.6) is 5.75 Å². The van der Waals surface area contributed by atoms with Gasteiger partial charge in [0.25, 0.3) is 5.91 Å². The summed E-state index contributed by atoms with van der Waals surface area (Å²) in [6.45, 7) is 0.110. The van der Waals surface area contributed by atoms with Crippen molar-refractivity contribution in [2.45, 2.75) is 25.3 Å². The number of carbonyl (C=O) groups excluding carboxylic acids is 1. The highest BCUT2D eigenvalue weighted by Crippen LogP contribution is 2.27. The van der Waals surface area contributed by atoms with E-state index in [4.69, 9.17) is 10.5 Å². The molecular formula is C14H20N2O3. The number of amides is 1. The van der Waals surface area contributed by atoms with E-state index in [-0.39, 0.29) is 24.5 Å². The minimum absolute atomic E-state index is 0.0311. The van der Waals surface area contributed by atoms with Gasteiger partial charge in [-0.1, -0.05) is 6.42 Å². The second-order valence-corrected chi connectivity index (χ2v) is 4.91. The number of rotatable bonds is 4. The summed E-state index contributed by atoms with van der Waals surface area (Å²) in [5.41, 5.74) is 6.67. The average molecular weight is 264 g/mol. The molecule has 0 bridgehead atoms. The first-order valence-electron chi connectivity index (χ1n) is 6.51. The Morgan fingerprint density at radius 1 is 1.53 bits per heavy atom. The Balaban J connectivity index is 2.13. The van der Waals surface area contributed by atoms with Crippen molar-refractivity contribution in [2.24, 2.45) is 5.92 Å². The minimum Gasteiger partial charge on any atom is -0.496 e. The molecule has 1 fully saturated rings. The van der Waals surface area contributed by atoms with E-state index in [0.29, 0.717) is 17.0 Å². The van der Waals surface area contributed by atoms with Crippen LogP contribution >= 0.6 is 0 Å². The summed E-state index contributed by atoms with van der Waals surface area (Å²) in [6, 6.07) is 5.02. The maximum atomic E-state index is 12.3. The third-order valence-corrected chi connectivity index (χ3v) is 3.68. The van der Waals surface area contributed by atoms with E-state index in [2.05, 4.69) is 5.32 Å². The van der Waals surface area contributed by atoms with E-state index in [1.54, 1.807) is 18.2 Å². The number of ether oxygens (including phenoxy) is 1. The van der Waals surface area contributed by atoms with Crippen molar-refractivity contribution in [1.82, 2.24) is 5.32 Å². The smallest absolute Gasteiger partial charge is 0.255 e. The number of methoxy groups -OCH3 is 1. The van der Waals surface area contributed by atoms with E-state index in [1.165, 1.54) is 7.11 Å². The molecule has 0 aromatic heterocycles. The van der Waals surface area contributed by atoms with Crippen LogP contribution in [0.15, 0.2) is 18.2 Å². The molecule has 5 nitrogen and oxygen atoms in total. The van der Waals surface area contributed by atoms with E-state index >= 15 is 0 Å². The Kier molecular flexibility index (Phi) is 4.27. The summed E-state index contributed by atoms with van der Waals surface area (Å²) in [5, 5.41) is 12.2. The summed E-state index contributed by atoms with van der Waals surface area (Å²) < 4.78 is 5.17. The van der Waals surface area contributed by atoms with Crippen LogP contribution in [0.3, 0.4) is 0 Å². The van der Waals surface area contributed by atoms with Crippen molar-refractivity contribution >= 4 is 11.6 Å². The number of aliphatic hydroxyl groups is 1. The van der Waals surface area contributed by atoms with E-state index in [0.717, 1.165) is 19.3 Å². The number of benzene rings is 1. The Morgan fingerprint density at radius 3 is 3.00 bits per heavy atom. The highest BCUT2D eigenvalue weighted by molar-refractivity contribution is 5.98. The standard InChI is InChI=1S/C14H20N2O3/c1-19-13-6-5-10(15)7-11(13)14(18)16-12-4-2-3-9(12)8-17/h5-7,9,12,17H,2-4,8,15H2,1H3,(H,16,18). The van der Waals surface area contributed by atoms with Gasteiger partial charge in [-0.25, -0.2) is 0 Å². The predicted octanol–water partition coefficient (Wildman–Crippen LogP) is 1.17. The van der Waals surface area contributed by atoms with Crippen LogP contribution in [-0.4, -0.2) is 30.8 Å². The number of nitrogens with one attached hydrogen (secondary N) is 1. The summed E-state index contributed by atoms with van der Waals surface area (Å²) in [5.74, 6) is 0.454. The number of carbonyl (C=O) groups is 1. The Labute approximate surface area is 112 Å². The fraction of sp³-hybridized carbons (Fsp3) is 0.500. The quantitative estimate of drug-likeness (QED) is 0.713. The molecule has 19 heavy (non-hydrogen) atoms. The van der Waals surface area contributed by atoms with Gasteiger partial charge in [-0.3, -0.25) is 4.79 Å². The van der Waals surface area contributed by atoms with Crippen LogP contribution in [0.25, 0.3) is 0 Å². The van der Waals surface area contributed by atoms with Crippen molar-refractivity contribution in [3.05, 3.63) is 23.8 Å². The number of aliphatic hydroxyl groups excluding tert-OH is 1. The number of hydrogen-bond donors (Lipinski definition) is 3. The lowest BCUT2D eigenvalue weighted by molar-refractivity contribution is 0.0913. The molecule has 2 unspecified atom stereocenters. The van der Waals surface area contributed by atoms with Crippen LogP contribution in [0.1, 0.15) is 29.6 Å². The second kappa shape index (κ2) is 5.93. The maximum absolute atomic E-state index is 12.3. The SMILES string of the molecule is COc1ccc(N)cc1C(=O)NC1CCCC1CO. The minimum atomic E-state index is -0.200. The topological polar surface area (TPSA) is 84.6 Å².